The van der Waals surface area contributed by atoms with Crippen LogP contribution in [-0.4, -0.2) is 23.3 Å². The predicted octanol–water partition coefficient (Wildman–Crippen LogP) is 2.95. The fourth-order valence-corrected chi connectivity index (χ4v) is 2.01. The second-order valence-electron chi connectivity index (χ2n) is 3.35. The molecule has 0 aliphatic rings. The summed E-state index contributed by atoms with van der Waals surface area (Å²) in [6.07, 6.45) is 0. The molecule has 1 aromatic heterocycles. The maximum absolute atomic E-state index is 13.6. The van der Waals surface area contributed by atoms with Gasteiger partial charge in [0.1, 0.15) is 0 Å². The molecular formula is C11H7BrFNO4. The number of hydrogen-bond donors (Lipinski definition) is 1. The molecule has 0 saturated heterocycles. The first kappa shape index (κ1) is 12.6. The Hall–Kier alpha value is -1.89. The number of nitrogens with zero attached hydrogens (tertiary/aromatic N) is 1. The van der Waals surface area contributed by atoms with Gasteiger partial charge in [-0.2, -0.15) is 0 Å². The number of methoxy groups -OCH3 is 1. The van der Waals surface area contributed by atoms with Gasteiger partial charge in [-0.05, 0) is 28.1 Å². The van der Waals surface area contributed by atoms with E-state index in [1.807, 2.05) is 0 Å². The minimum atomic E-state index is -1.21. The average Bonchev–Trinajstić information content (AvgIpc) is 2.77. The first-order valence-corrected chi connectivity index (χ1v) is 5.55. The molecule has 0 amide bonds. The molecule has 1 aromatic carbocycles. The van der Waals surface area contributed by atoms with Crippen LogP contribution in [0.3, 0.4) is 0 Å². The number of carboxylic acids is 1. The molecule has 5 nitrogen and oxygen atoms in total. The number of ether oxygens (including phenoxy) is 1. The molecule has 0 radical (unpaired) electrons. The Morgan fingerprint density at radius 1 is 1.50 bits per heavy atom. The van der Waals surface area contributed by atoms with Crippen molar-refractivity contribution in [2.75, 3.05) is 7.11 Å². The largest absolute Gasteiger partial charge is 0.492 e. The van der Waals surface area contributed by atoms with E-state index in [1.54, 1.807) is 6.07 Å². The maximum Gasteiger partial charge on any atom is 0.358 e. The number of rotatable bonds is 3. The van der Waals surface area contributed by atoms with E-state index in [-0.39, 0.29) is 17.2 Å². The van der Waals surface area contributed by atoms with Crippen LogP contribution in [0.1, 0.15) is 10.5 Å². The van der Waals surface area contributed by atoms with Gasteiger partial charge in [0.25, 0.3) is 0 Å². The van der Waals surface area contributed by atoms with E-state index in [4.69, 9.17) is 14.4 Å². The highest BCUT2D eigenvalue weighted by Gasteiger charge is 2.16. The minimum absolute atomic E-state index is 0.0664. The topological polar surface area (TPSA) is 72.6 Å². The monoisotopic (exact) mass is 315 g/mol. The molecule has 1 N–H and O–H groups in total. The van der Waals surface area contributed by atoms with Crippen LogP contribution in [0.25, 0.3) is 11.3 Å². The number of aromatic carboxylic acids is 1. The lowest BCUT2D eigenvalue weighted by atomic mass is 10.1. The molecular weight excluding hydrogens is 309 g/mol. The molecule has 0 saturated carbocycles. The van der Waals surface area contributed by atoms with E-state index >= 15 is 0 Å². The van der Waals surface area contributed by atoms with Gasteiger partial charge in [-0.25, -0.2) is 9.18 Å². The van der Waals surface area contributed by atoms with Gasteiger partial charge >= 0.3 is 5.97 Å². The predicted molar refractivity (Wildman–Crippen MR) is 63.1 cm³/mol. The third-order valence-corrected chi connectivity index (χ3v) is 2.81. The van der Waals surface area contributed by atoms with Gasteiger partial charge < -0.3 is 14.4 Å². The highest BCUT2D eigenvalue weighted by Crippen LogP contribution is 2.33. The summed E-state index contributed by atoms with van der Waals surface area (Å²) in [5, 5.41) is 12.1. The van der Waals surface area contributed by atoms with Gasteiger partial charge in [0, 0.05) is 11.6 Å². The van der Waals surface area contributed by atoms with Crippen molar-refractivity contribution < 1.29 is 23.6 Å². The van der Waals surface area contributed by atoms with Crippen LogP contribution >= 0.6 is 15.9 Å². The van der Waals surface area contributed by atoms with Crippen molar-refractivity contribution in [2.24, 2.45) is 0 Å². The molecule has 0 spiro atoms. The van der Waals surface area contributed by atoms with Crippen molar-refractivity contribution >= 4 is 21.9 Å². The lowest BCUT2D eigenvalue weighted by Gasteiger charge is -2.05. The summed E-state index contributed by atoms with van der Waals surface area (Å²) in [5.41, 5.74) is 0.123. The summed E-state index contributed by atoms with van der Waals surface area (Å²) in [4.78, 5) is 10.7. The highest BCUT2D eigenvalue weighted by atomic mass is 79.9. The Kier molecular flexibility index (Phi) is 3.33. The Labute approximate surface area is 109 Å². The van der Waals surface area contributed by atoms with Crippen molar-refractivity contribution in [2.45, 2.75) is 0 Å². The van der Waals surface area contributed by atoms with E-state index in [1.165, 1.54) is 19.2 Å². The SMILES string of the molecule is COc1c(F)cc(-c2cc(C(=O)O)no2)cc1Br. The molecule has 0 atom stereocenters. The van der Waals surface area contributed by atoms with Crippen molar-refractivity contribution in [3.63, 3.8) is 0 Å². The lowest BCUT2D eigenvalue weighted by molar-refractivity contribution is 0.0686. The number of halogens is 2. The first-order chi connectivity index (χ1) is 8.52. The van der Waals surface area contributed by atoms with E-state index in [0.717, 1.165) is 0 Å². The molecule has 0 aliphatic carbocycles. The number of aromatic nitrogens is 1. The highest BCUT2D eigenvalue weighted by molar-refractivity contribution is 9.10. The number of hydrogen-bond acceptors (Lipinski definition) is 4. The van der Waals surface area contributed by atoms with Crippen molar-refractivity contribution in [1.82, 2.24) is 5.16 Å². The smallest absolute Gasteiger partial charge is 0.358 e. The number of carboxylic acid groups (broad SMARTS) is 1. The molecule has 2 rings (SSSR count). The van der Waals surface area contributed by atoms with Gasteiger partial charge in [-0.1, -0.05) is 5.16 Å². The molecule has 0 fully saturated rings. The molecule has 0 bridgehead atoms. The Morgan fingerprint density at radius 3 is 2.72 bits per heavy atom. The Balaban J connectivity index is 2.47. The summed E-state index contributed by atoms with van der Waals surface area (Å²) in [5.74, 6) is -1.57. The van der Waals surface area contributed by atoms with Crippen LogP contribution < -0.4 is 4.74 Å². The van der Waals surface area contributed by atoms with Gasteiger partial charge in [-0.3, -0.25) is 0 Å². The first-order valence-electron chi connectivity index (χ1n) is 4.76. The van der Waals surface area contributed by atoms with Gasteiger partial charge in [0.15, 0.2) is 23.0 Å². The van der Waals surface area contributed by atoms with Crippen LogP contribution in [0.4, 0.5) is 4.39 Å². The second kappa shape index (κ2) is 4.77. The summed E-state index contributed by atoms with van der Waals surface area (Å²) >= 11 is 3.15. The van der Waals surface area contributed by atoms with Crippen molar-refractivity contribution in [3.8, 4) is 17.1 Å². The standard InChI is InChI=1S/C11H7BrFNO4/c1-17-10-6(12)2-5(3-7(10)13)9-4-8(11(15)16)14-18-9/h2-4H,1H3,(H,15,16). The molecule has 0 aliphatic heterocycles. The van der Waals surface area contributed by atoms with E-state index in [0.29, 0.717) is 10.0 Å². The van der Waals surface area contributed by atoms with Crippen LogP contribution in [0.5, 0.6) is 5.75 Å². The third kappa shape index (κ3) is 2.21. The van der Waals surface area contributed by atoms with E-state index in [2.05, 4.69) is 21.1 Å². The number of carbonyl (C=O) groups is 1. The van der Waals surface area contributed by atoms with Crippen LogP contribution in [0, 0.1) is 5.82 Å². The molecule has 94 valence electrons. The lowest BCUT2D eigenvalue weighted by Crippen LogP contribution is -1.94. The van der Waals surface area contributed by atoms with E-state index in [9.17, 15) is 9.18 Å². The van der Waals surface area contributed by atoms with Crippen molar-refractivity contribution in [3.05, 3.63) is 34.2 Å². The zero-order chi connectivity index (χ0) is 13.3. The van der Waals surface area contributed by atoms with Gasteiger partial charge in [0.2, 0.25) is 0 Å². The zero-order valence-electron chi connectivity index (χ0n) is 9.11. The normalized spacial score (nSPS) is 10.4. The molecule has 18 heavy (non-hydrogen) atoms. The fraction of sp³-hybridized carbons (Fsp3) is 0.0909. The minimum Gasteiger partial charge on any atom is -0.492 e. The zero-order valence-corrected chi connectivity index (χ0v) is 10.7. The average molecular weight is 316 g/mol. The molecule has 2 aromatic rings. The van der Waals surface area contributed by atoms with Crippen LogP contribution in [-0.2, 0) is 0 Å². The summed E-state index contributed by atoms with van der Waals surface area (Å²) < 4.78 is 23.7. The molecule has 1 heterocycles. The second-order valence-corrected chi connectivity index (χ2v) is 4.21. The molecule has 0 unspecified atom stereocenters. The summed E-state index contributed by atoms with van der Waals surface area (Å²) in [6.45, 7) is 0. The summed E-state index contributed by atoms with van der Waals surface area (Å²) in [7, 11) is 1.35. The number of benzene rings is 1. The van der Waals surface area contributed by atoms with Crippen LogP contribution in [0.2, 0.25) is 0 Å². The van der Waals surface area contributed by atoms with Gasteiger partial charge in [-0.15, -0.1) is 0 Å². The fourth-order valence-electron chi connectivity index (χ4n) is 1.41. The van der Waals surface area contributed by atoms with Gasteiger partial charge in [0.05, 0.1) is 11.6 Å². The molecule has 7 heteroatoms. The van der Waals surface area contributed by atoms with E-state index < -0.39 is 11.8 Å². The van der Waals surface area contributed by atoms with Crippen LogP contribution in [0.15, 0.2) is 27.2 Å². The Bertz CT molecular complexity index is 588. The maximum atomic E-state index is 13.6. The Morgan fingerprint density at radius 2 is 2.22 bits per heavy atom. The van der Waals surface area contributed by atoms with Crippen molar-refractivity contribution in [1.29, 1.82) is 0 Å². The third-order valence-electron chi connectivity index (χ3n) is 2.22. The summed E-state index contributed by atoms with van der Waals surface area (Å²) in [6, 6.07) is 3.94. The quantitative estimate of drug-likeness (QED) is 0.942.